The Kier molecular flexibility index (Phi) is 4.66. The average Bonchev–Trinajstić information content (AvgIpc) is 2.58. The van der Waals surface area contributed by atoms with Crippen molar-refractivity contribution in [1.82, 2.24) is 9.80 Å². The number of piperazine rings is 1. The van der Waals surface area contributed by atoms with Crippen LogP contribution >= 0.6 is 0 Å². The van der Waals surface area contributed by atoms with Crippen LogP contribution in [0.2, 0.25) is 0 Å². The van der Waals surface area contributed by atoms with Crippen molar-refractivity contribution in [3.63, 3.8) is 0 Å². The summed E-state index contributed by atoms with van der Waals surface area (Å²) in [6.45, 7) is 9.89. The van der Waals surface area contributed by atoms with Crippen molar-refractivity contribution in [2.45, 2.75) is 65.0 Å². The lowest BCUT2D eigenvalue weighted by Crippen LogP contribution is -2.55. The first kappa shape index (κ1) is 13.9. The lowest BCUT2D eigenvalue weighted by molar-refractivity contribution is -0.134. The molecule has 18 heavy (non-hydrogen) atoms. The Balaban J connectivity index is 1.89. The maximum Gasteiger partial charge on any atom is 0.222 e. The van der Waals surface area contributed by atoms with Gasteiger partial charge in [0, 0.05) is 38.1 Å². The highest BCUT2D eigenvalue weighted by molar-refractivity contribution is 5.76. The number of fused-ring (bicyclic) bond motifs is 2. The molecule has 0 aromatic rings. The average molecular weight is 252 g/mol. The van der Waals surface area contributed by atoms with E-state index in [1.54, 1.807) is 0 Å². The summed E-state index contributed by atoms with van der Waals surface area (Å²) < 4.78 is 0. The summed E-state index contributed by atoms with van der Waals surface area (Å²) in [5, 5.41) is 0. The zero-order valence-electron chi connectivity index (χ0n) is 12.2. The molecule has 2 unspecified atom stereocenters. The Morgan fingerprint density at radius 1 is 1.22 bits per heavy atom. The quantitative estimate of drug-likeness (QED) is 0.750. The van der Waals surface area contributed by atoms with Gasteiger partial charge in [-0.25, -0.2) is 0 Å². The second-order valence-electron chi connectivity index (χ2n) is 6.38. The van der Waals surface area contributed by atoms with Crippen molar-refractivity contribution in [2.75, 3.05) is 19.6 Å². The molecule has 104 valence electrons. The number of carbonyl (C=O) groups is 1. The number of unbranched alkanes of at least 4 members (excludes halogenated alkanes) is 1. The number of carbonyl (C=O) groups excluding carboxylic acids is 1. The van der Waals surface area contributed by atoms with Gasteiger partial charge in [-0.15, -0.1) is 0 Å². The topological polar surface area (TPSA) is 23.6 Å². The highest BCUT2D eigenvalue weighted by atomic mass is 16.2. The summed E-state index contributed by atoms with van der Waals surface area (Å²) in [5.41, 5.74) is 0. The maximum atomic E-state index is 12.1. The summed E-state index contributed by atoms with van der Waals surface area (Å²) in [6.07, 6.45) is 5.48. The fourth-order valence-electron chi connectivity index (χ4n) is 3.40. The van der Waals surface area contributed by atoms with Gasteiger partial charge in [-0.2, -0.15) is 0 Å². The Labute approximate surface area is 112 Å². The van der Waals surface area contributed by atoms with Crippen LogP contribution in [-0.2, 0) is 4.79 Å². The van der Waals surface area contributed by atoms with Gasteiger partial charge in [0.15, 0.2) is 0 Å². The van der Waals surface area contributed by atoms with E-state index in [1.807, 2.05) is 0 Å². The molecule has 0 aromatic carbocycles. The van der Waals surface area contributed by atoms with Crippen molar-refractivity contribution in [2.24, 2.45) is 5.92 Å². The van der Waals surface area contributed by atoms with Gasteiger partial charge in [0.2, 0.25) is 5.91 Å². The largest absolute Gasteiger partial charge is 0.340 e. The molecule has 0 saturated carbocycles. The molecule has 2 saturated heterocycles. The number of nitrogens with zero attached hydrogens (tertiary/aromatic N) is 2. The second-order valence-corrected chi connectivity index (χ2v) is 6.38. The molecule has 0 N–H and O–H groups in total. The molecule has 2 aliphatic heterocycles. The van der Waals surface area contributed by atoms with Crippen molar-refractivity contribution >= 4 is 5.91 Å². The third-order valence-corrected chi connectivity index (χ3v) is 4.31. The third-order valence-electron chi connectivity index (χ3n) is 4.31. The summed E-state index contributed by atoms with van der Waals surface area (Å²) in [6, 6.07) is 1.27. The van der Waals surface area contributed by atoms with Gasteiger partial charge in [-0.05, 0) is 25.2 Å². The molecule has 0 aliphatic carbocycles. The molecule has 2 atom stereocenters. The molecular formula is C15H28N2O. The lowest BCUT2D eigenvalue weighted by atomic mass is 10.1. The Hall–Kier alpha value is -0.570. The molecule has 0 spiro atoms. The van der Waals surface area contributed by atoms with Gasteiger partial charge in [0.25, 0.3) is 0 Å². The SMILES string of the molecule is CCCCC(=O)N1CC2CCC(C1)N2CC(C)C. The Bertz CT molecular complexity index is 276. The first-order valence-electron chi connectivity index (χ1n) is 7.65. The van der Waals surface area contributed by atoms with Crippen molar-refractivity contribution in [3.05, 3.63) is 0 Å². The first-order valence-corrected chi connectivity index (χ1v) is 7.65. The molecule has 3 nitrogen and oxygen atoms in total. The number of hydrogen-bond acceptors (Lipinski definition) is 2. The molecular weight excluding hydrogens is 224 g/mol. The zero-order chi connectivity index (χ0) is 13.1. The van der Waals surface area contributed by atoms with E-state index in [-0.39, 0.29) is 0 Å². The van der Waals surface area contributed by atoms with Crippen molar-refractivity contribution in [3.8, 4) is 0 Å². The second kappa shape index (κ2) is 6.05. The molecule has 0 aromatic heterocycles. The highest BCUT2D eigenvalue weighted by Gasteiger charge is 2.40. The van der Waals surface area contributed by atoms with Crippen molar-refractivity contribution in [1.29, 1.82) is 0 Å². The molecule has 2 aliphatic rings. The molecule has 2 fully saturated rings. The van der Waals surface area contributed by atoms with E-state index >= 15 is 0 Å². The predicted molar refractivity (Wildman–Crippen MR) is 74.5 cm³/mol. The van der Waals surface area contributed by atoms with E-state index in [4.69, 9.17) is 0 Å². The molecule has 2 bridgehead atoms. The standard InChI is InChI=1S/C15H28N2O/c1-4-5-6-15(18)16-10-13-7-8-14(11-16)17(13)9-12(2)3/h12-14H,4-11H2,1-3H3. The van der Waals surface area contributed by atoms with E-state index in [0.29, 0.717) is 18.0 Å². The molecule has 0 radical (unpaired) electrons. The van der Waals surface area contributed by atoms with E-state index < -0.39 is 0 Å². The van der Waals surface area contributed by atoms with Crippen LogP contribution in [0.4, 0.5) is 0 Å². The van der Waals surface area contributed by atoms with Gasteiger partial charge >= 0.3 is 0 Å². The predicted octanol–water partition coefficient (Wildman–Crippen LogP) is 2.51. The van der Waals surface area contributed by atoms with Crippen molar-refractivity contribution < 1.29 is 4.79 Å². The van der Waals surface area contributed by atoms with Crippen LogP contribution < -0.4 is 0 Å². The highest BCUT2D eigenvalue weighted by Crippen LogP contribution is 2.31. The zero-order valence-corrected chi connectivity index (χ0v) is 12.2. The van der Waals surface area contributed by atoms with Crippen LogP contribution in [0, 0.1) is 5.92 Å². The van der Waals surface area contributed by atoms with Crippen LogP contribution in [0.5, 0.6) is 0 Å². The lowest BCUT2D eigenvalue weighted by Gasteiger charge is -2.42. The van der Waals surface area contributed by atoms with Crippen LogP contribution in [0.15, 0.2) is 0 Å². The first-order chi connectivity index (χ1) is 8.61. The van der Waals surface area contributed by atoms with Crippen LogP contribution in [-0.4, -0.2) is 47.4 Å². The van der Waals surface area contributed by atoms with E-state index in [0.717, 1.165) is 38.3 Å². The molecule has 1 amide bonds. The number of likely N-dealkylation sites (tertiary alicyclic amines) is 1. The maximum absolute atomic E-state index is 12.1. The summed E-state index contributed by atoms with van der Waals surface area (Å²) in [5.74, 6) is 1.12. The van der Waals surface area contributed by atoms with Crippen LogP contribution in [0.25, 0.3) is 0 Å². The monoisotopic (exact) mass is 252 g/mol. The fraction of sp³-hybridized carbons (Fsp3) is 0.933. The van der Waals surface area contributed by atoms with Crippen LogP contribution in [0.1, 0.15) is 52.9 Å². The smallest absolute Gasteiger partial charge is 0.222 e. The number of hydrogen-bond donors (Lipinski definition) is 0. The molecule has 2 rings (SSSR count). The number of amides is 1. The van der Waals surface area contributed by atoms with Gasteiger partial charge in [-0.1, -0.05) is 27.2 Å². The molecule has 3 heteroatoms. The van der Waals surface area contributed by atoms with Gasteiger partial charge in [0.1, 0.15) is 0 Å². The Morgan fingerprint density at radius 2 is 1.83 bits per heavy atom. The summed E-state index contributed by atoms with van der Waals surface area (Å²) >= 11 is 0. The normalized spacial score (nSPS) is 28.1. The minimum atomic E-state index is 0.387. The third kappa shape index (κ3) is 3.05. The fourth-order valence-corrected chi connectivity index (χ4v) is 3.40. The van der Waals surface area contributed by atoms with Gasteiger partial charge in [-0.3, -0.25) is 9.69 Å². The molecule has 2 heterocycles. The minimum absolute atomic E-state index is 0.387. The summed E-state index contributed by atoms with van der Waals surface area (Å²) in [7, 11) is 0. The van der Waals surface area contributed by atoms with E-state index in [2.05, 4.69) is 30.6 Å². The minimum Gasteiger partial charge on any atom is -0.340 e. The summed E-state index contributed by atoms with van der Waals surface area (Å²) in [4.78, 5) is 16.9. The van der Waals surface area contributed by atoms with Gasteiger partial charge in [0.05, 0.1) is 0 Å². The van der Waals surface area contributed by atoms with E-state index in [9.17, 15) is 4.79 Å². The van der Waals surface area contributed by atoms with E-state index in [1.165, 1.54) is 19.4 Å². The Morgan fingerprint density at radius 3 is 2.33 bits per heavy atom. The number of rotatable bonds is 5. The van der Waals surface area contributed by atoms with Gasteiger partial charge < -0.3 is 4.90 Å². The van der Waals surface area contributed by atoms with Crippen LogP contribution in [0.3, 0.4) is 0 Å².